The molecule has 1 aromatic carbocycles. The highest BCUT2D eigenvalue weighted by Crippen LogP contribution is 2.31. The van der Waals surface area contributed by atoms with Gasteiger partial charge in [0, 0.05) is 29.6 Å². The van der Waals surface area contributed by atoms with Crippen LogP contribution in [-0.4, -0.2) is 15.7 Å². The van der Waals surface area contributed by atoms with E-state index in [0.29, 0.717) is 0 Å². The molecule has 0 aliphatic carbocycles. The molecule has 0 N–H and O–H groups in total. The summed E-state index contributed by atoms with van der Waals surface area (Å²) in [4.78, 5) is 26.0. The number of hydrogen-bond acceptors (Lipinski definition) is 4. The van der Waals surface area contributed by atoms with Gasteiger partial charge in [-0.1, -0.05) is 12.1 Å². The molecule has 0 radical (unpaired) electrons. The summed E-state index contributed by atoms with van der Waals surface area (Å²) in [5.41, 5.74) is -1.88. The molecule has 7 heteroatoms. The van der Waals surface area contributed by atoms with Crippen LogP contribution in [0.4, 0.5) is 14.5 Å². The van der Waals surface area contributed by atoms with Crippen LogP contribution in [0.1, 0.15) is 27.9 Å². The second kappa shape index (κ2) is 5.52. The third-order valence-corrected chi connectivity index (χ3v) is 2.66. The normalized spacial score (nSPS) is 10.6. The molecule has 0 saturated heterocycles. The Morgan fingerprint density at radius 2 is 2.00 bits per heavy atom. The van der Waals surface area contributed by atoms with Gasteiger partial charge in [-0.25, -0.2) is 8.78 Å². The van der Waals surface area contributed by atoms with Crippen LogP contribution in [-0.2, 0) is 0 Å². The number of alkyl halides is 2. The molecule has 0 fully saturated rings. The van der Waals surface area contributed by atoms with Gasteiger partial charge in [-0.15, -0.1) is 0 Å². The van der Waals surface area contributed by atoms with E-state index in [2.05, 4.69) is 4.98 Å². The summed E-state index contributed by atoms with van der Waals surface area (Å²) in [6.07, 6.45) is -0.399. The number of aromatic nitrogens is 1. The van der Waals surface area contributed by atoms with Gasteiger partial charge >= 0.3 is 0 Å². The number of carbonyl (C=O) groups is 1. The molecule has 0 amide bonds. The van der Waals surface area contributed by atoms with Crippen LogP contribution >= 0.6 is 0 Å². The van der Waals surface area contributed by atoms with Gasteiger partial charge in [0.2, 0.25) is 5.78 Å². The Labute approximate surface area is 112 Å². The van der Waals surface area contributed by atoms with E-state index in [0.717, 1.165) is 18.2 Å². The lowest BCUT2D eigenvalue weighted by atomic mass is 9.97. The molecule has 0 aliphatic rings. The summed E-state index contributed by atoms with van der Waals surface area (Å²) < 4.78 is 25.9. The van der Waals surface area contributed by atoms with Crippen molar-refractivity contribution < 1.29 is 18.5 Å². The molecule has 2 aromatic rings. The summed E-state index contributed by atoms with van der Waals surface area (Å²) in [7, 11) is 0. The zero-order chi connectivity index (χ0) is 14.7. The highest BCUT2D eigenvalue weighted by atomic mass is 19.3. The van der Waals surface area contributed by atoms with Gasteiger partial charge in [0.05, 0.1) is 4.92 Å². The molecular formula is C13H8F2N2O3. The number of nitro groups is 1. The molecule has 1 aromatic heterocycles. The summed E-state index contributed by atoms with van der Waals surface area (Å²) >= 11 is 0. The van der Waals surface area contributed by atoms with E-state index >= 15 is 0 Å². The first-order valence-electron chi connectivity index (χ1n) is 5.52. The predicted molar refractivity (Wildman–Crippen MR) is 65.7 cm³/mol. The molecule has 20 heavy (non-hydrogen) atoms. The van der Waals surface area contributed by atoms with Gasteiger partial charge in [-0.05, 0) is 12.1 Å². The van der Waals surface area contributed by atoms with Crippen LogP contribution in [0.3, 0.4) is 0 Å². The van der Waals surface area contributed by atoms with Crippen molar-refractivity contribution in [3.63, 3.8) is 0 Å². The lowest BCUT2D eigenvalue weighted by Gasteiger charge is -2.08. The average molecular weight is 278 g/mol. The molecule has 1 heterocycles. The average Bonchev–Trinajstić information content (AvgIpc) is 2.46. The lowest BCUT2D eigenvalue weighted by molar-refractivity contribution is -0.385. The SMILES string of the molecule is O=C(c1cccnc1)c1c(C(F)F)cccc1[N+](=O)[O-]. The van der Waals surface area contributed by atoms with Crippen molar-refractivity contribution in [2.75, 3.05) is 0 Å². The molecule has 0 bridgehead atoms. The second-order valence-electron chi connectivity index (χ2n) is 3.87. The quantitative estimate of drug-likeness (QED) is 0.489. The van der Waals surface area contributed by atoms with Gasteiger partial charge in [0.25, 0.3) is 12.1 Å². The zero-order valence-electron chi connectivity index (χ0n) is 9.99. The van der Waals surface area contributed by atoms with E-state index in [-0.39, 0.29) is 5.56 Å². The van der Waals surface area contributed by atoms with Gasteiger partial charge in [0.15, 0.2) is 0 Å². The summed E-state index contributed by atoms with van der Waals surface area (Å²) in [5, 5.41) is 10.9. The number of carbonyl (C=O) groups excluding carboxylic acids is 1. The van der Waals surface area contributed by atoms with E-state index < -0.39 is 33.9 Å². The molecule has 2 rings (SSSR count). The maximum atomic E-state index is 13.0. The van der Waals surface area contributed by atoms with Crippen molar-refractivity contribution in [1.82, 2.24) is 4.98 Å². The van der Waals surface area contributed by atoms with E-state index in [1.807, 2.05) is 0 Å². The molecule has 0 unspecified atom stereocenters. The second-order valence-corrected chi connectivity index (χ2v) is 3.87. The maximum absolute atomic E-state index is 13.0. The molecule has 5 nitrogen and oxygen atoms in total. The highest BCUT2D eigenvalue weighted by molar-refractivity contribution is 6.12. The fraction of sp³-hybridized carbons (Fsp3) is 0.0769. The maximum Gasteiger partial charge on any atom is 0.281 e. The molecule has 0 saturated carbocycles. The molecule has 0 atom stereocenters. The van der Waals surface area contributed by atoms with E-state index in [1.165, 1.54) is 24.5 Å². The van der Waals surface area contributed by atoms with Crippen LogP contribution in [0, 0.1) is 10.1 Å². The van der Waals surface area contributed by atoms with Gasteiger partial charge in [0.1, 0.15) is 5.56 Å². The highest BCUT2D eigenvalue weighted by Gasteiger charge is 2.28. The largest absolute Gasteiger partial charge is 0.288 e. The van der Waals surface area contributed by atoms with Crippen molar-refractivity contribution in [2.24, 2.45) is 0 Å². The Bertz CT molecular complexity index is 660. The first kappa shape index (κ1) is 13.7. The van der Waals surface area contributed by atoms with Crippen LogP contribution in [0.15, 0.2) is 42.7 Å². The zero-order valence-corrected chi connectivity index (χ0v) is 9.99. The monoisotopic (exact) mass is 278 g/mol. The Morgan fingerprint density at radius 1 is 1.25 bits per heavy atom. The minimum absolute atomic E-state index is 0.0173. The number of pyridine rings is 1. The first-order valence-corrected chi connectivity index (χ1v) is 5.52. The number of nitrogens with zero attached hydrogens (tertiary/aromatic N) is 2. The summed E-state index contributed by atoms with van der Waals surface area (Å²) in [5.74, 6) is -0.847. The van der Waals surface area contributed by atoms with Crippen molar-refractivity contribution in [2.45, 2.75) is 6.43 Å². The van der Waals surface area contributed by atoms with Crippen molar-refractivity contribution >= 4 is 11.5 Å². The Kier molecular flexibility index (Phi) is 3.79. The van der Waals surface area contributed by atoms with E-state index in [4.69, 9.17) is 0 Å². The Morgan fingerprint density at radius 3 is 2.55 bits per heavy atom. The Hall–Kier alpha value is -2.70. The number of benzene rings is 1. The Balaban J connectivity index is 2.65. The smallest absolute Gasteiger partial charge is 0.281 e. The molecule has 0 spiro atoms. The van der Waals surface area contributed by atoms with E-state index in [1.54, 1.807) is 0 Å². The van der Waals surface area contributed by atoms with Crippen LogP contribution in [0.25, 0.3) is 0 Å². The predicted octanol–water partition coefficient (Wildman–Crippen LogP) is 3.16. The van der Waals surface area contributed by atoms with Crippen LogP contribution < -0.4 is 0 Å². The summed E-state index contributed by atoms with van der Waals surface area (Å²) in [6.45, 7) is 0. The molecule has 0 aliphatic heterocycles. The van der Waals surface area contributed by atoms with Gasteiger partial charge in [-0.2, -0.15) is 0 Å². The molecular weight excluding hydrogens is 270 g/mol. The van der Waals surface area contributed by atoms with Crippen LogP contribution in [0.2, 0.25) is 0 Å². The van der Waals surface area contributed by atoms with Crippen molar-refractivity contribution in [1.29, 1.82) is 0 Å². The third kappa shape index (κ3) is 2.51. The van der Waals surface area contributed by atoms with Gasteiger partial charge < -0.3 is 0 Å². The van der Waals surface area contributed by atoms with E-state index in [9.17, 15) is 23.7 Å². The van der Waals surface area contributed by atoms with Crippen molar-refractivity contribution in [3.8, 4) is 0 Å². The fourth-order valence-electron chi connectivity index (χ4n) is 1.78. The number of halogens is 2. The van der Waals surface area contributed by atoms with Crippen LogP contribution in [0.5, 0.6) is 0 Å². The summed E-state index contributed by atoms with van der Waals surface area (Å²) in [6, 6.07) is 5.96. The number of hydrogen-bond donors (Lipinski definition) is 0. The van der Waals surface area contributed by atoms with Gasteiger partial charge in [-0.3, -0.25) is 19.9 Å². The fourth-order valence-corrected chi connectivity index (χ4v) is 1.78. The standard InChI is InChI=1S/C13H8F2N2O3/c14-13(15)9-4-1-5-10(17(19)20)11(9)12(18)8-3-2-6-16-7-8/h1-7,13H. The lowest BCUT2D eigenvalue weighted by Crippen LogP contribution is -2.10. The number of nitro benzene ring substituents is 1. The minimum Gasteiger partial charge on any atom is -0.288 e. The number of ketones is 1. The third-order valence-electron chi connectivity index (χ3n) is 2.66. The first-order chi connectivity index (χ1) is 9.52. The minimum atomic E-state index is -2.98. The molecule has 102 valence electrons. The number of rotatable bonds is 4. The topological polar surface area (TPSA) is 73.1 Å². The van der Waals surface area contributed by atoms with Crippen molar-refractivity contribution in [3.05, 3.63) is 69.5 Å².